The molecule has 1 fully saturated rings. The Kier molecular flexibility index (Phi) is 2.70. The Hall–Kier alpha value is -2.44. The van der Waals surface area contributed by atoms with E-state index < -0.39 is 24.1 Å². The third-order valence-electron chi connectivity index (χ3n) is 3.56. The summed E-state index contributed by atoms with van der Waals surface area (Å²) in [5, 5.41) is 16.2. The van der Waals surface area contributed by atoms with E-state index in [9.17, 15) is 14.0 Å². The highest BCUT2D eigenvalue weighted by molar-refractivity contribution is 6.05. The quantitative estimate of drug-likeness (QED) is 0.863. The minimum Gasteiger partial charge on any atom is -0.479 e. The molecule has 2 N–H and O–H groups in total. The van der Waals surface area contributed by atoms with Crippen LogP contribution in [-0.2, 0) is 4.79 Å². The van der Waals surface area contributed by atoms with Gasteiger partial charge < -0.3 is 10.0 Å². The summed E-state index contributed by atoms with van der Waals surface area (Å²) in [6.07, 6.45) is -0.198. The van der Waals surface area contributed by atoms with Crippen LogP contribution >= 0.6 is 0 Å². The number of rotatable bonds is 2. The lowest BCUT2D eigenvalue weighted by molar-refractivity contribution is -0.149. The van der Waals surface area contributed by atoms with Crippen molar-refractivity contribution in [3.8, 4) is 0 Å². The maximum absolute atomic E-state index is 14.0. The minimum atomic E-state index is -2.36. The molecular formula is C13H12FN3O3. The molecule has 1 unspecified atom stereocenters. The number of halogens is 1. The van der Waals surface area contributed by atoms with E-state index in [4.69, 9.17) is 5.11 Å². The van der Waals surface area contributed by atoms with Gasteiger partial charge >= 0.3 is 5.97 Å². The summed E-state index contributed by atoms with van der Waals surface area (Å²) < 4.78 is 14.0. The van der Waals surface area contributed by atoms with E-state index in [1.54, 1.807) is 18.2 Å². The monoisotopic (exact) mass is 277 g/mol. The lowest BCUT2D eigenvalue weighted by atomic mass is 10.1. The first-order valence-electron chi connectivity index (χ1n) is 6.16. The zero-order valence-electron chi connectivity index (χ0n) is 10.5. The van der Waals surface area contributed by atoms with Crippen LogP contribution in [0, 0.1) is 0 Å². The van der Waals surface area contributed by atoms with Crippen molar-refractivity contribution in [1.82, 2.24) is 15.1 Å². The molecule has 1 aromatic carbocycles. The Balaban J connectivity index is 1.89. The summed E-state index contributed by atoms with van der Waals surface area (Å²) >= 11 is 0. The number of carboxylic acids is 1. The molecule has 0 radical (unpaired) electrons. The smallest absolute Gasteiger partial charge is 0.343 e. The number of aliphatic carboxylic acids is 1. The molecule has 20 heavy (non-hydrogen) atoms. The average molecular weight is 277 g/mol. The molecule has 2 aromatic rings. The van der Waals surface area contributed by atoms with Gasteiger partial charge in [-0.15, -0.1) is 0 Å². The first kappa shape index (κ1) is 12.6. The molecule has 0 bridgehead atoms. The van der Waals surface area contributed by atoms with Gasteiger partial charge in [0.05, 0.1) is 12.1 Å². The van der Waals surface area contributed by atoms with E-state index in [-0.39, 0.29) is 18.7 Å². The number of nitrogens with one attached hydrogen (secondary N) is 1. The van der Waals surface area contributed by atoms with Gasteiger partial charge in [0.25, 0.3) is 5.91 Å². The van der Waals surface area contributed by atoms with Crippen molar-refractivity contribution in [1.29, 1.82) is 0 Å². The molecule has 7 heteroatoms. The molecule has 1 aromatic heterocycles. The molecule has 3 rings (SSSR count). The number of hydrogen-bond donors (Lipinski definition) is 2. The second kappa shape index (κ2) is 4.29. The third-order valence-corrected chi connectivity index (χ3v) is 3.56. The number of para-hydroxylation sites is 1. The molecule has 1 atom stereocenters. The highest BCUT2D eigenvalue weighted by atomic mass is 19.1. The van der Waals surface area contributed by atoms with Crippen LogP contribution < -0.4 is 0 Å². The van der Waals surface area contributed by atoms with Gasteiger partial charge in [-0.2, -0.15) is 5.10 Å². The number of hydrogen-bond acceptors (Lipinski definition) is 3. The van der Waals surface area contributed by atoms with Crippen LogP contribution in [0.2, 0.25) is 0 Å². The van der Waals surface area contributed by atoms with Crippen molar-refractivity contribution in [2.45, 2.75) is 12.1 Å². The molecule has 2 heterocycles. The molecule has 0 spiro atoms. The van der Waals surface area contributed by atoms with Gasteiger partial charge in [0.15, 0.2) is 5.69 Å². The highest BCUT2D eigenvalue weighted by Crippen LogP contribution is 2.28. The molecule has 0 saturated carbocycles. The number of aromatic nitrogens is 2. The van der Waals surface area contributed by atoms with Crippen LogP contribution in [0.3, 0.4) is 0 Å². The zero-order chi connectivity index (χ0) is 14.3. The van der Waals surface area contributed by atoms with Crippen molar-refractivity contribution in [2.75, 3.05) is 13.1 Å². The fraction of sp³-hybridized carbons (Fsp3) is 0.308. The summed E-state index contributed by atoms with van der Waals surface area (Å²) in [5.41, 5.74) is -1.46. The van der Waals surface area contributed by atoms with Crippen LogP contribution in [-0.4, -0.2) is 50.8 Å². The van der Waals surface area contributed by atoms with E-state index in [0.29, 0.717) is 10.9 Å². The van der Waals surface area contributed by atoms with Crippen molar-refractivity contribution in [3.05, 3.63) is 30.0 Å². The largest absolute Gasteiger partial charge is 0.479 e. The summed E-state index contributed by atoms with van der Waals surface area (Å²) in [7, 11) is 0. The van der Waals surface area contributed by atoms with Crippen molar-refractivity contribution in [2.24, 2.45) is 0 Å². The minimum absolute atomic E-state index is 0.0722. The molecular weight excluding hydrogens is 265 g/mol. The summed E-state index contributed by atoms with van der Waals surface area (Å²) in [6, 6.07) is 7.10. The number of alkyl halides is 1. The van der Waals surface area contributed by atoms with Crippen molar-refractivity contribution < 1.29 is 19.1 Å². The number of likely N-dealkylation sites (tertiary alicyclic amines) is 1. The third kappa shape index (κ3) is 1.82. The first-order valence-corrected chi connectivity index (χ1v) is 6.16. The lowest BCUT2D eigenvalue weighted by Gasteiger charge is -2.16. The highest BCUT2D eigenvalue weighted by Gasteiger charge is 2.47. The van der Waals surface area contributed by atoms with Gasteiger partial charge in [0.1, 0.15) is 0 Å². The van der Waals surface area contributed by atoms with Gasteiger partial charge in [-0.3, -0.25) is 9.89 Å². The number of nitrogens with zero attached hydrogens (tertiary/aromatic N) is 2. The molecule has 6 nitrogen and oxygen atoms in total. The van der Waals surface area contributed by atoms with E-state index in [2.05, 4.69) is 10.2 Å². The lowest BCUT2D eigenvalue weighted by Crippen LogP contribution is -2.39. The number of benzene rings is 1. The van der Waals surface area contributed by atoms with E-state index in [1.165, 1.54) is 4.90 Å². The topological polar surface area (TPSA) is 86.3 Å². The van der Waals surface area contributed by atoms with E-state index >= 15 is 0 Å². The Morgan fingerprint density at radius 1 is 1.40 bits per heavy atom. The maximum Gasteiger partial charge on any atom is 0.343 e. The molecule has 104 valence electrons. The van der Waals surface area contributed by atoms with Gasteiger partial charge in [0, 0.05) is 18.4 Å². The van der Waals surface area contributed by atoms with Crippen LogP contribution in [0.25, 0.3) is 10.9 Å². The van der Waals surface area contributed by atoms with Gasteiger partial charge in [-0.1, -0.05) is 18.2 Å². The van der Waals surface area contributed by atoms with Gasteiger partial charge in [0.2, 0.25) is 5.67 Å². The molecule has 1 saturated heterocycles. The Bertz CT molecular complexity index is 699. The SMILES string of the molecule is O=C(c1n[nH]c2ccccc12)N1CCC(F)(C(=O)O)C1. The predicted molar refractivity (Wildman–Crippen MR) is 68.1 cm³/mol. The second-order valence-corrected chi connectivity index (χ2v) is 4.86. The fourth-order valence-electron chi connectivity index (χ4n) is 2.40. The number of carbonyl (C=O) groups is 2. The Morgan fingerprint density at radius 2 is 2.15 bits per heavy atom. The van der Waals surface area contributed by atoms with Crippen LogP contribution in [0.15, 0.2) is 24.3 Å². The van der Waals surface area contributed by atoms with Crippen LogP contribution in [0.1, 0.15) is 16.9 Å². The van der Waals surface area contributed by atoms with Crippen LogP contribution in [0.5, 0.6) is 0 Å². The van der Waals surface area contributed by atoms with Crippen LogP contribution in [0.4, 0.5) is 4.39 Å². The number of H-pyrrole nitrogens is 1. The molecule has 1 aliphatic heterocycles. The Morgan fingerprint density at radius 3 is 2.85 bits per heavy atom. The summed E-state index contributed by atoms with van der Waals surface area (Å²) in [6.45, 7) is -0.370. The summed E-state index contributed by atoms with van der Waals surface area (Å²) in [5.74, 6) is -1.98. The van der Waals surface area contributed by atoms with Crippen molar-refractivity contribution in [3.63, 3.8) is 0 Å². The van der Waals surface area contributed by atoms with Gasteiger partial charge in [-0.25, -0.2) is 9.18 Å². The van der Waals surface area contributed by atoms with E-state index in [1.807, 2.05) is 6.07 Å². The Labute approximate surface area is 113 Å². The fourth-order valence-corrected chi connectivity index (χ4v) is 2.40. The molecule has 1 aliphatic rings. The number of carboxylic acid groups (broad SMARTS) is 1. The second-order valence-electron chi connectivity index (χ2n) is 4.86. The average Bonchev–Trinajstić information content (AvgIpc) is 3.03. The zero-order valence-corrected chi connectivity index (χ0v) is 10.5. The number of carbonyl (C=O) groups excluding carboxylic acids is 1. The number of amides is 1. The standard InChI is InChI=1S/C13H12FN3O3/c14-13(12(19)20)5-6-17(7-13)11(18)10-8-3-1-2-4-9(8)15-16-10/h1-4H,5-7H2,(H,15,16)(H,19,20). The predicted octanol–water partition coefficient (Wildman–Crippen LogP) is 1.20. The summed E-state index contributed by atoms with van der Waals surface area (Å²) in [4.78, 5) is 24.4. The van der Waals surface area contributed by atoms with Gasteiger partial charge in [-0.05, 0) is 6.07 Å². The number of aromatic amines is 1. The molecule has 0 aliphatic carbocycles. The number of fused-ring (bicyclic) bond motifs is 1. The molecule has 1 amide bonds. The normalized spacial score (nSPS) is 22.4. The maximum atomic E-state index is 14.0. The van der Waals surface area contributed by atoms with Crippen molar-refractivity contribution >= 4 is 22.8 Å². The first-order chi connectivity index (χ1) is 9.51. The van der Waals surface area contributed by atoms with E-state index in [0.717, 1.165) is 0 Å².